The largest absolute Gasteiger partial charge is 0.259 e. The van der Waals surface area contributed by atoms with Gasteiger partial charge < -0.3 is 0 Å². The predicted molar refractivity (Wildman–Crippen MR) is 89.6 cm³/mol. The molecule has 0 bridgehead atoms. The van der Waals surface area contributed by atoms with Gasteiger partial charge in [-0.3, -0.25) is 8.42 Å². The van der Waals surface area contributed by atoms with Crippen LogP contribution in [0.15, 0.2) is 48.3 Å². The number of hydrogen-bond donors (Lipinski definition) is 0. The molecule has 0 N–H and O–H groups in total. The van der Waals surface area contributed by atoms with Crippen LogP contribution in [-0.2, 0) is 21.6 Å². The van der Waals surface area contributed by atoms with Crippen molar-refractivity contribution in [2.75, 3.05) is 23.0 Å². The molecule has 2 nitrogen and oxygen atoms in total. The second kappa shape index (κ2) is 13.4. The van der Waals surface area contributed by atoms with Crippen LogP contribution in [0, 0.1) is 0 Å². The average Bonchev–Trinajstić information content (AvgIpc) is 2.33. The van der Waals surface area contributed by atoms with Gasteiger partial charge in [0, 0.05) is 44.6 Å². The lowest BCUT2D eigenvalue weighted by Crippen LogP contribution is -1.96. The monoisotopic (exact) mass is 322 g/mol. The summed E-state index contributed by atoms with van der Waals surface area (Å²) in [6.07, 6.45) is 7.10. The molecule has 6 heteroatoms. The first-order valence-electron chi connectivity index (χ1n) is 5.24. The van der Waals surface area contributed by atoms with E-state index in [4.69, 9.17) is 0 Å². The van der Waals surface area contributed by atoms with E-state index in [-0.39, 0.29) is 0 Å². The quantitative estimate of drug-likeness (QED) is 0.332. The van der Waals surface area contributed by atoms with Crippen LogP contribution in [0.25, 0.3) is 0 Å². The van der Waals surface area contributed by atoms with E-state index < -0.39 is 21.6 Å². The lowest BCUT2D eigenvalue weighted by atomic mass is 10.7. The van der Waals surface area contributed by atoms with Gasteiger partial charge in [0.05, 0.1) is 0 Å². The maximum Gasteiger partial charge on any atom is 0.0491 e. The van der Waals surface area contributed by atoms with Crippen molar-refractivity contribution in [3.05, 3.63) is 48.3 Å². The first-order valence-corrected chi connectivity index (χ1v) is 10.5. The molecule has 0 saturated carbocycles. The fraction of sp³-hybridized carbons (Fsp3) is 0.333. The van der Waals surface area contributed by atoms with Gasteiger partial charge in [-0.2, -0.15) is 0 Å². The van der Waals surface area contributed by atoms with E-state index in [9.17, 15) is 8.42 Å². The van der Waals surface area contributed by atoms with Gasteiger partial charge in [0.25, 0.3) is 0 Å². The lowest BCUT2D eigenvalue weighted by molar-refractivity contribution is 0.686. The predicted octanol–water partition coefficient (Wildman–Crippen LogP) is 3.26. The zero-order valence-corrected chi connectivity index (χ0v) is 13.4. The van der Waals surface area contributed by atoms with Crippen molar-refractivity contribution >= 4 is 43.2 Å². The molecule has 0 aliphatic heterocycles. The molecule has 0 aliphatic rings. The van der Waals surface area contributed by atoms with Crippen molar-refractivity contribution in [2.45, 2.75) is 0 Å². The molecule has 2 unspecified atom stereocenters. The summed E-state index contributed by atoms with van der Waals surface area (Å²) in [5.74, 6) is 2.41. The molecular formula is C12H18O2S4. The first kappa shape index (κ1) is 18.0. The Balaban J connectivity index is 3.53. The summed E-state index contributed by atoms with van der Waals surface area (Å²) >= 11 is 0. The van der Waals surface area contributed by atoms with E-state index in [1.165, 1.54) is 0 Å². The minimum atomic E-state index is -0.926. The van der Waals surface area contributed by atoms with Crippen molar-refractivity contribution in [3.8, 4) is 0 Å². The summed E-state index contributed by atoms with van der Waals surface area (Å²) in [4.78, 5) is 0. The van der Waals surface area contributed by atoms with Gasteiger partial charge in [0.1, 0.15) is 0 Å². The highest BCUT2D eigenvalue weighted by Gasteiger charge is 1.91. The third kappa shape index (κ3) is 12.4. The second-order valence-corrected chi connectivity index (χ2v) is 8.25. The average molecular weight is 323 g/mol. The summed E-state index contributed by atoms with van der Waals surface area (Å²) in [6.45, 7) is 7.07. The Morgan fingerprint density at radius 2 is 1.72 bits per heavy atom. The zero-order chi connectivity index (χ0) is 13.6. The molecule has 0 aliphatic carbocycles. The lowest BCUT2D eigenvalue weighted by Gasteiger charge is -1.92. The molecule has 0 rings (SSSR count). The van der Waals surface area contributed by atoms with Crippen LogP contribution in [0.3, 0.4) is 0 Å². The second-order valence-electron chi connectivity index (χ2n) is 3.02. The van der Waals surface area contributed by atoms with Crippen LogP contribution in [-0.4, -0.2) is 31.4 Å². The summed E-state index contributed by atoms with van der Waals surface area (Å²) in [5.41, 5.74) is 0. The Hall–Kier alpha value is -0.0400. The fourth-order valence-corrected chi connectivity index (χ4v) is 3.88. The summed E-state index contributed by atoms with van der Waals surface area (Å²) in [5, 5.41) is 3.62. The van der Waals surface area contributed by atoms with Gasteiger partial charge in [-0.1, -0.05) is 45.9 Å². The third-order valence-corrected chi connectivity index (χ3v) is 5.65. The van der Waals surface area contributed by atoms with Crippen LogP contribution in [0.5, 0.6) is 0 Å². The van der Waals surface area contributed by atoms with E-state index >= 15 is 0 Å². The first-order chi connectivity index (χ1) is 8.70. The molecule has 0 radical (unpaired) electrons. The highest BCUT2D eigenvalue weighted by atomic mass is 33.1. The van der Waals surface area contributed by atoms with E-state index in [0.29, 0.717) is 17.3 Å². The van der Waals surface area contributed by atoms with Gasteiger partial charge in [0.15, 0.2) is 0 Å². The molecule has 2 atom stereocenters. The fourth-order valence-electron chi connectivity index (χ4n) is 0.822. The van der Waals surface area contributed by atoms with Crippen LogP contribution in [0.1, 0.15) is 0 Å². The van der Waals surface area contributed by atoms with E-state index in [2.05, 4.69) is 13.2 Å². The van der Waals surface area contributed by atoms with Crippen molar-refractivity contribution in [2.24, 2.45) is 0 Å². The van der Waals surface area contributed by atoms with Gasteiger partial charge >= 0.3 is 0 Å². The molecule has 0 fully saturated rings. The number of rotatable bonds is 11. The van der Waals surface area contributed by atoms with Gasteiger partial charge in [-0.15, -0.1) is 13.2 Å². The van der Waals surface area contributed by atoms with Crippen LogP contribution in [0.4, 0.5) is 0 Å². The SMILES string of the molecule is C=CCS(=O)/C=C/CSS/C=C/CS(=O)CC=C. The minimum Gasteiger partial charge on any atom is -0.259 e. The minimum absolute atomic E-state index is 0.503. The van der Waals surface area contributed by atoms with Crippen LogP contribution in [0.2, 0.25) is 0 Å². The van der Waals surface area contributed by atoms with Gasteiger partial charge in [-0.25, -0.2) is 0 Å². The van der Waals surface area contributed by atoms with E-state index in [1.807, 2.05) is 17.6 Å². The van der Waals surface area contributed by atoms with E-state index in [0.717, 1.165) is 5.75 Å². The standard InChI is InChI=1S/C12H18O2S4/c1-3-9-17(13)11-5-7-15-16-8-6-12-18(14)10-4-2/h3-7,12H,1-2,8-11H2/b7-5+,12-6+. The topological polar surface area (TPSA) is 34.1 Å². The Morgan fingerprint density at radius 1 is 1.00 bits per heavy atom. The molecule has 0 aromatic heterocycles. The van der Waals surface area contributed by atoms with Crippen molar-refractivity contribution in [3.63, 3.8) is 0 Å². The molecule has 0 amide bonds. The van der Waals surface area contributed by atoms with Crippen LogP contribution < -0.4 is 0 Å². The Morgan fingerprint density at radius 3 is 2.39 bits per heavy atom. The maximum atomic E-state index is 11.2. The maximum absolute atomic E-state index is 11.2. The smallest absolute Gasteiger partial charge is 0.0491 e. The molecule has 0 aromatic rings. The Kier molecular flexibility index (Phi) is 13.4. The van der Waals surface area contributed by atoms with Crippen molar-refractivity contribution in [1.82, 2.24) is 0 Å². The highest BCUT2D eigenvalue weighted by molar-refractivity contribution is 8.77. The highest BCUT2D eigenvalue weighted by Crippen LogP contribution is 2.22. The molecule has 0 spiro atoms. The van der Waals surface area contributed by atoms with E-state index in [1.54, 1.807) is 39.1 Å². The molecule has 102 valence electrons. The summed E-state index contributed by atoms with van der Waals surface area (Å²) in [7, 11) is 1.47. The van der Waals surface area contributed by atoms with Crippen molar-refractivity contribution < 1.29 is 8.42 Å². The Bertz CT molecular complexity index is 348. The normalized spacial score (nSPS) is 14.9. The van der Waals surface area contributed by atoms with Crippen molar-refractivity contribution in [1.29, 1.82) is 0 Å². The Labute approximate surface area is 122 Å². The van der Waals surface area contributed by atoms with Gasteiger partial charge in [-0.05, 0) is 10.8 Å². The zero-order valence-electron chi connectivity index (χ0n) is 10.2. The van der Waals surface area contributed by atoms with Gasteiger partial charge in [0.2, 0.25) is 0 Å². The third-order valence-electron chi connectivity index (χ3n) is 1.50. The molecule has 0 heterocycles. The van der Waals surface area contributed by atoms with Crippen LogP contribution >= 0.6 is 21.6 Å². The summed E-state index contributed by atoms with van der Waals surface area (Å²) < 4.78 is 22.4. The molecule has 0 saturated heterocycles. The molecule has 18 heavy (non-hydrogen) atoms. The summed E-state index contributed by atoms with van der Waals surface area (Å²) in [6, 6.07) is 0. The molecule has 0 aromatic carbocycles. The number of hydrogen-bond acceptors (Lipinski definition) is 4. The molecular weight excluding hydrogens is 304 g/mol.